The van der Waals surface area contributed by atoms with Gasteiger partial charge in [0.15, 0.2) is 0 Å². The highest BCUT2D eigenvalue weighted by Gasteiger charge is 2.07. The summed E-state index contributed by atoms with van der Waals surface area (Å²) >= 11 is 0. The van der Waals surface area contributed by atoms with Crippen molar-refractivity contribution in [1.82, 2.24) is 5.32 Å². The van der Waals surface area contributed by atoms with Gasteiger partial charge in [-0.2, -0.15) is 0 Å². The van der Waals surface area contributed by atoms with Gasteiger partial charge in [0.25, 0.3) is 5.91 Å². The fraction of sp³-hybridized carbons (Fsp3) is 0.300. The van der Waals surface area contributed by atoms with E-state index < -0.39 is 0 Å². The molecule has 1 unspecified atom stereocenters. The predicted octanol–water partition coefficient (Wildman–Crippen LogP) is 3.96. The van der Waals surface area contributed by atoms with Crippen molar-refractivity contribution >= 4 is 17.5 Å². The Kier molecular flexibility index (Phi) is 6.55. The van der Waals surface area contributed by atoms with Crippen LogP contribution in [0.2, 0.25) is 0 Å². The van der Waals surface area contributed by atoms with Gasteiger partial charge in [-0.05, 0) is 42.2 Å². The third-order valence-corrected chi connectivity index (χ3v) is 4.05. The van der Waals surface area contributed by atoms with E-state index in [4.69, 9.17) is 0 Å². The number of amides is 2. The van der Waals surface area contributed by atoms with Crippen molar-refractivity contribution in [3.8, 4) is 0 Å². The topological polar surface area (TPSA) is 58.2 Å². The maximum atomic E-state index is 11.9. The molecule has 2 amide bonds. The van der Waals surface area contributed by atoms with Crippen LogP contribution in [0.15, 0.2) is 54.6 Å². The van der Waals surface area contributed by atoms with E-state index in [9.17, 15) is 9.59 Å². The van der Waals surface area contributed by atoms with Crippen molar-refractivity contribution in [3.63, 3.8) is 0 Å². The fourth-order valence-electron chi connectivity index (χ4n) is 2.34. The Hall–Kier alpha value is -2.62. The van der Waals surface area contributed by atoms with E-state index in [2.05, 4.69) is 24.5 Å². The Labute approximate surface area is 143 Å². The molecule has 4 heteroatoms. The minimum Gasteiger partial charge on any atom is -0.352 e. The van der Waals surface area contributed by atoms with Gasteiger partial charge in [0.1, 0.15) is 0 Å². The molecule has 0 bridgehead atoms. The molecule has 0 spiro atoms. The molecule has 1 atom stereocenters. The molecule has 0 aromatic heterocycles. The van der Waals surface area contributed by atoms with Gasteiger partial charge >= 0.3 is 0 Å². The number of benzene rings is 2. The second-order valence-corrected chi connectivity index (χ2v) is 5.85. The van der Waals surface area contributed by atoms with Crippen LogP contribution in [0.25, 0.3) is 0 Å². The minimum absolute atomic E-state index is 0.111. The quantitative estimate of drug-likeness (QED) is 0.810. The van der Waals surface area contributed by atoms with Crippen LogP contribution in [0.3, 0.4) is 0 Å². The van der Waals surface area contributed by atoms with Crippen molar-refractivity contribution < 1.29 is 9.59 Å². The SMILES string of the molecule is CCC(C)c1ccc(NC(=O)CCNC(=O)c2ccccc2)cc1. The Morgan fingerprint density at radius 1 is 1.00 bits per heavy atom. The van der Waals surface area contributed by atoms with Crippen molar-refractivity contribution in [2.24, 2.45) is 0 Å². The summed E-state index contributed by atoms with van der Waals surface area (Å²) in [6, 6.07) is 16.9. The summed E-state index contributed by atoms with van der Waals surface area (Å²) < 4.78 is 0. The lowest BCUT2D eigenvalue weighted by molar-refractivity contribution is -0.116. The molecule has 0 aliphatic heterocycles. The number of carbonyl (C=O) groups is 2. The number of anilines is 1. The monoisotopic (exact) mass is 324 g/mol. The fourth-order valence-corrected chi connectivity index (χ4v) is 2.34. The van der Waals surface area contributed by atoms with Gasteiger partial charge in [0.05, 0.1) is 0 Å². The van der Waals surface area contributed by atoms with Crippen LogP contribution >= 0.6 is 0 Å². The van der Waals surface area contributed by atoms with Crippen LogP contribution in [-0.2, 0) is 4.79 Å². The molecule has 0 aliphatic rings. The standard InChI is InChI=1S/C20H24N2O2/c1-3-15(2)16-9-11-18(12-10-16)22-19(23)13-14-21-20(24)17-7-5-4-6-8-17/h4-12,15H,3,13-14H2,1-2H3,(H,21,24)(H,22,23). The Morgan fingerprint density at radius 3 is 2.29 bits per heavy atom. The molecule has 0 fully saturated rings. The lowest BCUT2D eigenvalue weighted by atomic mass is 9.99. The summed E-state index contributed by atoms with van der Waals surface area (Å²) in [6.07, 6.45) is 1.33. The molecule has 24 heavy (non-hydrogen) atoms. The highest BCUT2D eigenvalue weighted by atomic mass is 16.2. The normalized spacial score (nSPS) is 11.6. The van der Waals surface area contributed by atoms with E-state index >= 15 is 0 Å². The number of rotatable bonds is 7. The zero-order valence-corrected chi connectivity index (χ0v) is 14.2. The molecular formula is C20H24N2O2. The molecule has 0 saturated heterocycles. The number of carbonyl (C=O) groups excluding carboxylic acids is 2. The molecule has 0 radical (unpaired) electrons. The molecule has 2 aromatic carbocycles. The smallest absolute Gasteiger partial charge is 0.251 e. The van der Waals surface area contributed by atoms with Gasteiger partial charge in [-0.1, -0.05) is 44.2 Å². The van der Waals surface area contributed by atoms with Gasteiger partial charge < -0.3 is 10.6 Å². The highest BCUT2D eigenvalue weighted by Crippen LogP contribution is 2.20. The molecule has 2 aromatic rings. The zero-order valence-electron chi connectivity index (χ0n) is 14.2. The van der Waals surface area contributed by atoms with Crippen LogP contribution in [-0.4, -0.2) is 18.4 Å². The Morgan fingerprint density at radius 2 is 1.67 bits per heavy atom. The second kappa shape index (κ2) is 8.87. The Bertz CT molecular complexity index is 666. The van der Waals surface area contributed by atoms with Gasteiger partial charge in [0, 0.05) is 24.2 Å². The van der Waals surface area contributed by atoms with Crippen molar-refractivity contribution in [2.75, 3.05) is 11.9 Å². The average Bonchev–Trinajstić information content (AvgIpc) is 2.62. The lowest BCUT2D eigenvalue weighted by Gasteiger charge is -2.11. The van der Waals surface area contributed by atoms with Crippen LogP contribution < -0.4 is 10.6 Å². The molecule has 0 heterocycles. The van der Waals surface area contributed by atoms with Gasteiger partial charge in [-0.25, -0.2) is 0 Å². The van der Waals surface area contributed by atoms with E-state index in [-0.39, 0.29) is 18.2 Å². The summed E-state index contributed by atoms with van der Waals surface area (Å²) in [5, 5.41) is 5.60. The van der Waals surface area contributed by atoms with E-state index in [0.29, 0.717) is 18.0 Å². The minimum atomic E-state index is -0.165. The number of hydrogen-bond donors (Lipinski definition) is 2. The van der Waals surface area contributed by atoms with Crippen LogP contribution in [0.4, 0.5) is 5.69 Å². The summed E-state index contributed by atoms with van der Waals surface area (Å²) in [4.78, 5) is 23.8. The van der Waals surface area contributed by atoms with Gasteiger partial charge in [0.2, 0.25) is 5.91 Å². The van der Waals surface area contributed by atoms with Gasteiger partial charge in [-0.3, -0.25) is 9.59 Å². The van der Waals surface area contributed by atoms with Gasteiger partial charge in [-0.15, -0.1) is 0 Å². The first kappa shape index (κ1) is 17.7. The highest BCUT2D eigenvalue weighted by molar-refractivity contribution is 5.95. The molecule has 4 nitrogen and oxygen atoms in total. The van der Waals surface area contributed by atoms with Crippen molar-refractivity contribution in [1.29, 1.82) is 0 Å². The molecule has 126 valence electrons. The van der Waals surface area contributed by atoms with E-state index in [1.54, 1.807) is 12.1 Å². The third-order valence-electron chi connectivity index (χ3n) is 4.05. The molecule has 0 saturated carbocycles. The summed E-state index contributed by atoms with van der Waals surface area (Å²) in [5.41, 5.74) is 2.64. The van der Waals surface area contributed by atoms with Crippen LogP contribution in [0.1, 0.15) is 48.5 Å². The number of hydrogen-bond acceptors (Lipinski definition) is 2. The summed E-state index contributed by atoms with van der Waals surface area (Å²) in [6.45, 7) is 4.65. The molecule has 0 aliphatic carbocycles. The van der Waals surface area contributed by atoms with Crippen molar-refractivity contribution in [2.45, 2.75) is 32.6 Å². The van der Waals surface area contributed by atoms with Crippen LogP contribution in [0.5, 0.6) is 0 Å². The van der Waals surface area contributed by atoms with E-state index in [0.717, 1.165) is 12.1 Å². The maximum absolute atomic E-state index is 11.9. The van der Waals surface area contributed by atoms with E-state index in [1.807, 2.05) is 42.5 Å². The first-order valence-electron chi connectivity index (χ1n) is 8.33. The third kappa shape index (κ3) is 5.23. The summed E-state index contributed by atoms with van der Waals surface area (Å²) in [7, 11) is 0. The second-order valence-electron chi connectivity index (χ2n) is 5.85. The Balaban J connectivity index is 1.76. The number of nitrogens with one attached hydrogen (secondary N) is 2. The van der Waals surface area contributed by atoms with Crippen LogP contribution in [0, 0.1) is 0 Å². The zero-order chi connectivity index (χ0) is 17.4. The maximum Gasteiger partial charge on any atom is 0.251 e. The molecular weight excluding hydrogens is 300 g/mol. The lowest BCUT2D eigenvalue weighted by Crippen LogP contribution is -2.27. The first-order valence-corrected chi connectivity index (χ1v) is 8.33. The van der Waals surface area contributed by atoms with E-state index in [1.165, 1.54) is 5.56 Å². The first-order chi connectivity index (χ1) is 11.6. The summed E-state index contributed by atoms with van der Waals surface area (Å²) in [5.74, 6) is 0.240. The average molecular weight is 324 g/mol. The molecule has 2 N–H and O–H groups in total. The predicted molar refractivity (Wildman–Crippen MR) is 97.2 cm³/mol. The largest absolute Gasteiger partial charge is 0.352 e. The molecule has 2 rings (SSSR count). The van der Waals surface area contributed by atoms with Crippen molar-refractivity contribution in [3.05, 3.63) is 65.7 Å².